The molecule has 2 N–H and O–H groups in total. The van der Waals surface area contributed by atoms with E-state index in [0.29, 0.717) is 6.54 Å². The van der Waals surface area contributed by atoms with Crippen molar-refractivity contribution in [2.75, 3.05) is 13.2 Å². The molecule has 1 rings (SSSR count). The maximum absolute atomic E-state index is 12.2. The third-order valence-electron chi connectivity index (χ3n) is 3.50. The number of hydrogen-bond donors (Lipinski definition) is 2. The molecular formula is C15H30N2O4S. The van der Waals surface area contributed by atoms with E-state index in [0.717, 1.165) is 0 Å². The van der Waals surface area contributed by atoms with Crippen molar-refractivity contribution >= 4 is 17.5 Å². The second-order valence-electron chi connectivity index (χ2n) is 7.85. The summed E-state index contributed by atoms with van der Waals surface area (Å²) in [5.74, 6) is -0.0213. The van der Waals surface area contributed by atoms with Gasteiger partial charge in [-0.2, -0.15) is 0 Å². The van der Waals surface area contributed by atoms with Crippen LogP contribution in [0.15, 0.2) is 0 Å². The van der Waals surface area contributed by atoms with Crippen LogP contribution < -0.4 is 4.72 Å². The molecule has 0 spiro atoms. The number of amides is 1. The van der Waals surface area contributed by atoms with E-state index < -0.39 is 23.1 Å². The van der Waals surface area contributed by atoms with Crippen molar-refractivity contribution in [1.29, 1.82) is 0 Å². The van der Waals surface area contributed by atoms with Gasteiger partial charge in [0.2, 0.25) is 0 Å². The molecule has 1 fully saturated rings. The minimum absolute atomic E-state index is 0.00185. The number of carbonyl (C=O) groups is 1. The quantitative estimate of drug-likeness (QED) is 0.764. The zero-order valence-corrected chi connectivity index (χ0v) is 15.5. The number of carbonyl (C=O) groups excluding carboxylic acids is 1. The third kappa shape index (κ3) is 5.01. The Hall–Kier alpha value is -0.500. The zero-order valence-electron chi connectivity index (χ0n) is 14.7. The molecule has 7 heteroatoms. The first kappa shape index (κ1) is 19.5. The Morgan fingerprint density at radius 3 is 2.36 bits per heavy atom. The van der Waals surface area contributed by atoms with Crippen LogP contribution in [0.5, 0.6) is 0 Å². The summed E-state index contributed by atoms with van der Waals surface area (Å²) in [6.07, 6.45) is -0.391. The standard InChI is InChI=1S/C15H30N2O4S/c1-10(16-22(20)15(5,6)7)12-11(9-18)8-17(12)13(19)21-14(2,3)4/h10-12,16,18H,8-9H2,1-7H3/t10-,11?,12?,22?/m0/s1. The van der Waals surface area contributed by atoms with E-state index in [9.17, 15) is 14.5 Å². The summed E-state index contributed by atoms with van der Waals surface area (Å²) in [6.45, 7) is 13.5. The van der Waals surface area contributed by atoms with Crippen LogP contribution in [0, 0.1) is 5.92 Å². The molecule has 1 aliphatic heterocycles. The number of aliphatic hydroxyl groups is 1. The smallest absolute Gasteiger partial charge is 0.410 e. The Kier molecular flexibility index (Phi) is 6.17. The van der Waals surface area contributed by atoms with Gasteiger partial charge in [0, 0.05) is 30.4 Å². The number of hydrogen-bond acceptors (Lipinski definition) is 5. The molecule has 6 nitrogen and oxygen atoms in total. The molecule has 0 saturated carbocycles. The summed E-state index contributed by atoms with van der Waals surface area (Å²) < 4.78 is 20.3. The number of nitrogens with zero attached hydrogens (tertiary/aromatic N) is 1. The molecule has 3 unspecified atom stereocenters. The van der Waals surface area contributed by atoms with E-state index in [1.54, 1.807) is 4.90 Å². The molecule has 0 aromatic heterocycles. The van der Waals surface area contributed by atoms with E-state index in [4.69, 9.17) is 4.74 Å². The number of nitrogens with one attached hydrogen (secondary N) is 1. The van der Waals surface area contributed by atoms with Gasteiger partial charge in [0.05, 0.1) is 12.1 Å². The van der Waals surface area contributed by atoms with Crippen molar-refractivity contribution in [1.82, 2.24) is 9.62 Å². The number of aliphatic hydroxyl groups excluding tert-OH is 1. The molecule has 1 saturated heterocycles. The summed E-state index contributed by atoms with van der Waals surface area (Å²) in [4.78, 5) is 13.8. The molecule has 0 aromatic rings. The zero-order chi connectivity index (χ0) is 17.3. The lowest BCUT2D eigenvalue weighted by Gasteiger charge is -2.50. The van der Waals surface area contributed by atoms with Crippen LogP contribution in [0.25, 0.3) is 0 Å². The Labute approximate surface area is 136 Å². The fourth-order valence-electron chi connectivity index (χ4n) is 2.37. The molecule has 1 amide bonds. The first-order valence-electron chi connectivity index (χ1n) is 7.65. The van der Waals surface area contributed by atoms with E-state index in [2.05, 4.69) is 4.72 Å². The number of rotatable bonds is 4. The van der Waals surface area contributed by atoms with E-state index in [-0.39, 0.29) is 29.4 Å². The van der Waals surface area contributed by atoms with Crippen LogP contribution in [-0.4, -0.2) is 56.2 Å². The van der Waals surface area contributed by atoms with Gasteiger partial charge in [0.1, 0.15) is 10.3 Å². The minimum Gasteiger partial charge on any atom is -0.598 e. The van der Waals surface area contributed by atoms with Crippen LogP contribution in [0.3, 0.4) is 0 Å². The van der Waals surface area contributed by atoms with E-state index in [1.165, 1.54) is 0 Å². The first-order valence-corrected chi connectivity index (χ1v) is 8.80. The highest BCUT2D eigenvalue weighted by atomic mass is 32.2. The van der Waals surface area contributed by atoms with Gasteiger partial charge in [-0.15, -0.1) is 4.72 Å². The first-order chi connectivity index (χ1) is 9.86. The molecule has 4 atom stereocenters. The molecule has 0 radical (unpaired) electrons. The predicted molar refractivity (Wildman–Crippen MR) is 87.8 cm³/mol. The summed E-state index contributed by atoms with van der Waals surface area (Å²) in [6, 6.07) is -0.412. The maximum atomic E-state index is 12.2. The van der Waals surface area contributed by atoms with Crippen molar-refractivity contribution in [2.45, 2.75) is 70.9 Å². The Morgan fingerprint density at radius 2 is 1.95 bits per heavy atom. The van der Waals surface area contributed by atoms with E-state index >= 15 is 0 Å². The Morgan fingerprint density at radius 1 is 1.41 bits per heavy atom. The molecule has 130 valence electrons. The average molecular weight is 334 g/mol. The van der Waals surface area contributed by atoms with Gasteiger partial charge in [0.15, 0.2) is 0 Å². The van der Waals surface area contributed by atoms with Crippen molar-refractivity contribution in [3.05, 3.63) is 0 Å². The normalized spacial score (nSPS) is 25.4. The summed E-state index contributed by atoms with van der Waals surface area (Å²) in [5.41, 5.74) is -0.559. The van der Waals surface area contributed by atoms with Gasteiger partial charge in [-0.3, -0.25) is 0 Å². The van der Waals surface area contributed by atoms with Gasteiger partial charge in [-0.05, 0) is 48.5 Å². The molecule has 22 heavy (non-hydrogen) atoms. The highest BCUT2D eigenvalue weighted by Gasteiger charge is 2.47. The molecule has 1 heterocycles. The lowest BCUT2D eigenvalue weighted by Crippen LogP contribution is -2.68. The lowest BCUT2D eigenvalue weighted by atomic mass is 9.85. The highest BCUT2D eigenvalue weighted by molar-refractivity contribution is 7.90. The highest BCUT2D eigenvalue weighted by Crippen LogP contribution is 2.30. The fraction of sp³-hybridized carbons (Fsp3) is 0.933. The summed E-state index contributed by atoms with van der Waals surface area (Å²) in [7, 11) is 0. The van der Waals surface area contributed by atoms with Crippen molar-refractivity contribution < 1.29 is 19.2 Å². The topological polar surface area (TPSA) is 84.9 Å². The van der Waals surface area contributed by atoms with Crippen LogP contribution in [0.1, 0.15) is 48.5 Å². The van der Waals surface area contributed by atoms with Crippen LogP contribution in [0.4, 0.5) is 4.79 Å². The van der Waals surface area contributed by atoms with Gasteiger partial charge >= 0.3 is 6.09 Å². The second kappa shape index (κ2) is 6.95. The van der Waals surface area contributed by atoms with Gasteiger partial charge in [-0.25, -0.2) is 4.79 Å². The minimum atomic E-state index is -1.23. The van der Waals surface area contributed by atoms with Crippen LogP contribution >= 0.6 is 0 Å². The van der Waals surface area contributed by atoms with Gasteiger partial charge < -0.3 is 19.3 Å². The van der Waals surface area contributed by atoms with Crippen LogP contribution in [0.2, 0.25) is 0 Å². The SMILES string of the molecule is C[C@H](N[S+]([O-])C(C)(C)C)C1C(CO)CN1C(=O)OC(C)(C)C. The van der Waals surface area contributed by atoms with Crippen molar-refractivity contribution in [3.8, 4) is 0 Å². The fourth-order valence-corrected chi connectivity index (χ4v) is 3.21. The number of likely N-dealkylation sites (tertiary alicyclic amines) is 1. The largest absolute Gasteiger partial charge is 0.598 e. The molecule has 0 bridgehead atoms. The van der Waals surface area contributed by atoms with Gasteiger partial charge in [-0.1, -0.05) is 0 Å². The summed E-state index contributed by atoms with van der Waals surface area (Å²) >= 11 is -1.23. The Balaban J connectivity index is 2.73. The van der Waals surface area contributed by atoms with Gasteiger partial charge in [0.25, 0.3) is 0 Å². The second-order valence-corrected chi connectivity index (χ2v) is 9.85. The third-order valence-corrected chi connectivity index (χ3v) is 5.20. The lowest BCUT2D eigenvalue weighted by molar-refractivity contribution is -0.0506. The monoisotopic (exact) mass is 334 g/mol. The van der Waals surface area contributed by atoms with Crippen molar-refractivity contribution in [2.24, 2.45) is 5.92 Å². The predicted octanol–water partition coefficient (Wildman–Crippen LogP) is 1.65. The average Bonchev–Trinajstić information content (AvgIpc) is 2.23. The maximum Gasteiger partial charge on any atom is 0.410 e. The van der Waals surface area contributed by atoms with Crippen molar-refractivity contribution in [3.63, 3.8) is 0 Å². The molecule has 1 aliphatic rings. The molecule has 0 aromatic carbocycles. The molecule has 0 aliphatic carbocycles. The number of ether oxygens (including phenoxy) is 1. The molecular weight excluding hydrogens is 304 g/mol. The van der Waals surface area contributed by atoms with Crippen LogP contribution in [-0.2, 0) is 16.1 Å². The Bertz CT molecular complexity index is 392. The summed E-state index contributed by atoms with van der Waals surface area (Å²) in [5, 5.41) is 9.45. The van der Waals surface area contributed by atoms with E-state index in [1.807, 2.05) is 48.5 Å².